The average molecular weight is 394 g/mol. The highest BCUT2D eigenvalue weighted by atomic mass is 35.5. The molecule has 2 unspecified atom stereocenters. The first-order valence-corrected chi connectivity index (χ1v) is 10.2. The Labute approximate surface area is 158 Å². The van der Waals surface area contributed by atoms with Gasteiger partial charge in [-0.25, -0.2) is 18.6 Å². The maximum absolute atomic E-state index is 12.7. The number of nitrogens with one attached hydrogen (secondary N) is 1. The first kappa shape index (κ1) is 18.8. The molecular weight excluding hydrogens is 374 g/mol. The molecule has 0 bridgehead atoms. The molecule has 1 heterocycles. The molecule has 0 radical (unpaired) electrons. The van der Waals surface area contributed by atoms with Crippen LogP contribution >= 0.6 is 11.6 Å². The fourth-order valence-electron chi connectivity index (χ4n) is 3.22. The minimum Gasteiger partial charge on any atom is -0.284 e. The molecule has 6 nitrogen and oxygen atoms in total. The highest BCUT2D eigenvalue weighted by molar-refractivity contribution is 7.89. The zero-order valence-corrected chi connectivity index (χ0v) is 15.8. The lowest BCUT2D eigenvalue weighted by Crippen LogP contribution is -2.45. The van der Waals surface area contributed by atoms with Crippen molar-refractivity contribution in [1.82, 2.24) is 10.4 Å². The second-order valence-corrected chi connectivity index (χ2v) is 8.33. The summed E-state index contributed by atoms with van der Waals surface area (Å²) in [6.45, 7) is 2.04. The SMILES string of the molecule is CC1CCC(c2ccccc2)N1NC(=O)c1ccc(Cl)c(S(N)(=O)=O)c1. The van der Waals surface area contributed by atoms with Gasteiger partial charge in [-0.1, -0.05) is 41.9 Å². The Morgan fingerprint density at radius 2 is 1.88 bits per heavy atom. The van der Waals surface area contributed by atoms with Crippen LogP contribution in [0.1, 0.15) is 41.7 Å². The first-order chi connectivity index (χ1) is 12.3. The lowest BCUT2D eigenvalue weighted by Gasteiger charge is -2.29. The van der Waals surface area contributed by atoms with Gasteiger partial charge in [0, 0.05) is 11.6 Å². The van der Waals surface area contributed by atoms with Gasteiger partial charge in [0.1, 0.15) is 4.90 Å². The minimum absolute atomic E-state index is 0.0132. The van der Waals surface area contributed by atoms with Gasteiger partial charge in [-0.15, -0.1) is 0 Å². The van der Waals surface area contributed by atoms with E-state index in [1.807, 2.05) is 42.3 Å². The quantitative estimate of drug-likeness (QED) is 0.835. The maximum atomic E-state index is 12.7. The molecule has 2 aromatic rings. The van der Waals surface area contributed by atoms with E-state index in [4.69, 9.17) is 16.7 Å². The van der Waals surface area contributed by atoms with Gasteiger partial charge < -0.3 is 0 Å². The summed E-state index contributed by atoms with van der Waals surface area (Å²) in [4.78, 5) is 12.4. The van der Waals surface area contributed by atoms with E-state index in [0.29, 0.717) is 0 Å². The van der Waals surface area contributed by atoms with E-state index >= 15 is 0 Å². The number of halogens is 1. The number of amides is 1. The summed E-state index contributed by atoms with van der Waals surface area (Å²) in [5, 5.41) is 7.06. The minimum atomic E-state index is -4.01. The van der Waals surface area contributed by atoms with Crippen molar-refractivity contribution in [3.63, 3.8) is 0 Å². The summed E-state index contributed by atoms with van der Waals surface area (Å²) >= 11 is 5.88. The third-order valence-electron chi connectivity index (χ3n) is 4.58. The van der Waals surface area contributed by atoms with Gasteiger partial charge in [-0.2, -0.15) is 0 Å². The zero-order valence-electron chi connectivity index (χ0n) is 14.2. The molecule has 3 rings (SSSR count). The Morgan fingerprint density at radius 1 is 1.19 bits per heavy atom. The number of hydrazine groups is 1. The number of hydrogen-bond acceptors (Lipinski definition) is 4. The highest BCUT2D eigenvalue weighted by Gasteiger charge is 2.33. The van der Waals surface area contributed by atoms with Crippen LogP contribution < -0.4 is 10.6 Å². The van der Waals surface area contributed by atoms with E-state index in [2.05, 4.69) is 5.43 Å². The third-order valence-corrected chi connectivity index (χ3v) is 5.98. The number of carbonyl (C=O) groups is 1. The molecule has 26 heavy (non-hydrogen) atoms. The molecule has 2 aromatic carbocycles. The lowest BCUT2D eigenvalue weighted by molar-refractivity contribution is 0.0683. The van der Waals surface area contributed by atoms with E-state index in [-0.39, 0.29) is 27.6 Å². The molecule has 1 aliphatic heterocycles. The molecule has 0 aliphatic carbocycles. The summed E-state index contributed by atoms with van der Waals surface area (Å²) in [6, 6.07) is 14.2. The Kier molecular flexibility index (Phi) is 5.34. The standard InChI is InChI=1S/C18H20ClN3O3S/c1-12-7-10-16(13-5-3-2-4-6-13)22(12)21-18(23)14-8-9-15(19)17(11-14)26(20,24)25/h2-6,8-9,11-12,16H,7,10H2,1H3,(H,21,23)(H2,20,24,25). The van der Waals surface area contributed by atoms with Crippen molar-refractivity contribution in [3.8, 4) is 0 Å². The average Bonchev–Trinajstić information content (AvgIpc) is 2.95. The first-order valence-electron chi connectivity index (χ1n) is 8.24. The number of rotatable bonds is 4. The second-order valence-electron chi connectivity index (χ2n) is 6.39. The predicted molar refractivity (Wildman–Crippen MR) is 100 cm³/mol. The molecule has 0 spiro atoms. The number of hydrogen-bond donors (Lipinski definition) is 2. The van der Waals surface area contributed by atoms with Crippen LogP contribution in [-0.2, 0) is 10.0 Å². The van der Waals surface area contributed by atoms with Crippen LogP contribution in [-0.4, -0.2) is 25.4 Å². The van der Waals surface area contributed by atoms with Crippen LogP contribution in [0.3, 0.4) is 0 Å². The number of benzene rings is 2. The molecular formula is C18H20ClN3O3S. The lowest BCUT2D eigenvalue weighted by atomic mass is 10.1. The van der Waals surface area contributed by atoms with Crippen LogP contribution in [0.4, 0.5) is 0 Å². The molecule has 1 aliphatic rings. The number of carbonyl (C=O) groups excluding carboxylic acids is 1. The van der Waals surface area contributed by atoms with Gasteiger partial charge in [0.15, 0.2) is 0 Å². The summed E-state index contributed by atoms with van der Waals surface area (Å²) in [7, 11) is -4.01. The van der Waals surface area contributed by atoms with E-state index in [1.165, 1.54) is 18.2 Å². The summed E-state index contributed by atoms with van der Waals surface area (Å²) in [5.74, 6) is -0.402. The van der Waals surface area contributed by atoms with Crippen molar-refractivity contribution >= 4 is 27.5 Å². The van der Waals surface area contributed by atoms with Crippen LogP contribution in [0, 0.1) is 0 Å². The Bertz CT molecular complexity index is 919. The van der Waals surface area contributed by atoms with Crippen LogP contribution in [0.15, 0.2) is 53.4 Å². The molecule has 1 saturated heterocycles. The molecule has 1 fully saturated rings. The topological polar surface area (TPSA) is 92.5 Å². The summed E-state index contributed by atoms with van der Waals surface area (Å²) < 4.78 is 23.2. The Hall–Kier alpha value is -1.93. The molecule has 0 saturated carbocycles. The molecule has 3 N–H and O–H groups in total. The third kappa shape index (κ3) is 3.91. The number of sulfonamides is 1. The van der Waals surface area contributed by atoms with Crippen molar-refractivity contribution in [3.05, 3.63) is 64.7 Å². The van der Waals surface area contributed by atoms with Crippen molar-refractivity contribution in [2.75, 3.05) is 0 Å². The van der Waals surface area contributed by atoms with Crippen molar-refractivity contribution in [2.24, 2.45) is 5.14 Å². The molecule has 1 amide bonds. The monoisotopic (exact) mass is 393 g/mol. The van der Waals surface area contributed by atoms with Gasteiger partial charge in [0.25, 0.3) is 5.91 Å². The normalized spacial score (nSPS) is 20.9. The van der Waals surface area contributed by atoms with Gasteiger partial charge in [0.2, 0.25) is 10.0 Å². The van der Waals surface area contributed by atoms with Crippen LogP contribution in [0.5, 0.6) is 0 Å². The van der Waals surface area contributed by atoms with Gasteiger partial charge in [-0.05, 0) is 43.5 Å². The fraction of sp³-hybridized carbons (Fsp3) is 0.278. The highest BCUT2D eigenvalue weighted by Crippen LogP contribution is 2.34. The predicted octanol–water partition coefficient (Wildman–Crippen LogP) is 2.86. The Balaban J connectivity index is 1.85. The zero-order chi connectivity index (χ0) is 18.9. The largest absolute Gasteiger partial charge is 0.284 e. The van der Waals surface area contributed by atoms with E-state index in [1.54, 1.807) is 0 Å². The maximum Gasteiger partial charge on any atom is 0.265 e. The molecule has 0 aromatic heterocycles. The number of nitrogens with zero attached hydrogens (tertiary/aromatic N) is 1. The van der Waals surface area contributed by atoms with Gasteiger partial charge in [0.05, 0.1) is 11.1 Å². The smallest absolute Gasteiger partial charge is 0.265 e. The Morgan fingerprint density at radius 3 is 2.54 bits per heavy atom. The van der Waals surface area contributed by atoms with Crippen LogP contribution in [0.25, 0.3) is 0 Å². The molecule has 2 atom stereocenters. The van der Waals surface area contributed by atoms with Crippen molar-refractivity contribution in [1.29, 1.82) is 0 Å². The van der Waals surface area contributed by atoms with Crippen molar-refractivity contribution in [2.45, 2.75) is 36.7 Å². The summed E-state index contributed by atoms with van der Waals surface area (Å²) in [5.41, 5.74) is 4.22. The fourth-order valence-corrected chi connectivity index (χ4v) is 4.29. The van der Waals surface area contributed by atoms with Gasteiger partial charge in [-0.3, -0.25) is 10.2 Å². The molecule has 138 valence electrons. The van der Waals surface area contributed by atoms with E-state index in [9.17, 15) is 13.2 Å². The number of primary sulfonamides is 1. The summed E-state index contributed by atoms with van der Waals surface area (Å²) in [6.07, 6.45) is 1.87. The van der Waals surface area contributed by atoms with Crippen molar-refractivity contribution < 1.29 is 13.2 Å². The van der Waals surface area contributed by atoms with E-state index < -0.39 is 15.9 Å². The van der Waals surface area contributed by atoms with E-state index in [0.717, 1.165) is 18.4 Å². The number of nitrogens with two attached hydrogens (primary N) is 1. The van der Waals surface area contributed by atoms with Crippen LogP contribution in [0.2, 0.25) is 5.02 Å². The van der Waals surface area contributed by atoms with Gasteiger partial charge >= 0.3 is 0 Å². The molecule has 8 heteroatoms. The second kappa shape index (κ2) is 7.36.